The average Bonchev–Trinajstić information content (AvgIpc) is 2.68. The molecule has 0 radical (unpaired) electrons. The highest BCUT2D eigenvalue weighted by atomic mass is 35.5. The molecule has 0 aliphatic carbocycles. The first-order valence-electron chi connectivity index (χ1n) is 9.09. The Morgan fingerprint density at radius 1 is 1.07 bits per heavy atom. The highest BCUT2D eigenvalue weighted by molar-refractivity contribution is 6.35. The molecule has 2 aromatic carbocycles. The molecule has 8 heteroatoms. The van der Waals surface area contributed by atoms with Gasteiger partial charge in [-0.25, -0.2) is 4.39 Å². The van der Waals surface area contributed by atoms with Crippen molar-refractivity contribution >= 4 is 34.8 Å². The van der Waals surface area contributed by atoms with Gasteiger partial charge in [0.25, 0.3) is 5.91 Å². The Bertz CT molecular complexity index is 797. The van der Waals surface area contributed by atoms with Crippen LogP contribution in [0.4, 0.5) is 10.1 Å². The molecular formula is C20H22Cl2FN3O2. The van der Waals surface area contributed by atoms with Gasteiger partial charge in [0.1, 0.15) is 11.6 Å². The topological polar surface area (TPSA) is 44.8 Å². The van der Waals surface area contributed by atoms with Gasteiger partial charge in [-0.05, 0) is 42.5 Å². The molecule has 1 fully saturated rings. The van der Waals surface area contributed by atoms with E-state index >= 15 is 0 Å². The molecule has 1 saturated heterocycles. The predicted molar refractivity (Wildman–Crippen MR) is 110 cm³/mol. The van der Waals surface area contributed by atoms with Crippen molar-refractivity contribution in [3.8, 4) is 5.75 Å². The third-order valence-electron chi connectivity index (χ3n) is 4.57. The van der Waals surface area contributed by atoms with Crippen LogP contribution in [-0.4, -0.2) is 56.7 Å². The maximum Gasteiger partial charge on any atom is 0.257 e. The summed E-state index contributed by atoms with van der Waals surface area (Å²) in [6, 6.07) is 11.4. The molecule has 0 spiro atoms. The smallest absolute Gasteiger partial charge is 0.257 e. The fourth-order valence-electron chi connectivity index (χ4n) is 3.02. The zero-order valence-electron chi connectivity index (χ0n) is 15.3. The summed E-state index contributed by atoms with van der Waals surface area (Å²) in [7, 11) is 0. The number of anilines is 1. The zero-order chi connectivity index (χ0) is 19.9. The minimum Gasteiger partial charge on any atom is -0.482 e. The molecule has 0 saturated carbocycles. The minimum atomic E-state index is -0.222. The van der Waals surface area contributed by atoms with E-state index in [1.165, 1.54) is 12.1 Å². The van der Waals surface area contributed by atoms with Crippen LogP contribution < -0.4 is 15.0 Å². The minimum absolute atomic E-state index is 0.0975. The maximum atomic E-state index is 13.0. The molecule has 150 valence electrons. The van der Waals surface area contributed by atoms with Crippen LogP contribution in [0.25, 0.3) is 0 Å². The van der Waals surface area contributed by atoms with Crippen molar-refractivity contribution in [2.75, 3.05) is 50.8 Å². The molecule has 1 N–H and O–H groups in total. The highest BCUT2D eigenvalue weighted by Crippen LogP contribution is 2.27. The number of hydrogen-bond acceptors (Lipinski definition) is 4. The van der Waals surface area contributed by atoms with Crippen molar-refractivity contribution in [1.29, 1.82) is 0 Å². The number of hydrogen-bond donors (Lipinski definition) is 1. The van der Waals surface area contributed by atoms with Gasteiger partial charge in [-0.1, -0.05) is 23.2 Å². The van der Waals surface area contributed by atoms with Crippen molar-refractivity contribution in [1.82, 2.24) is 10.2 Å². The Hall–Kier alpha value is -2.02. The number of carbonyl (C=O) groups is 1. The summed E-state index contributed by atoms with van der Waals surface area (Å²) in [4.78, 5) is 16.5. The Kier molecular flexibility index (Phi) is 7.36. The summed E-state index contributed by atoms with van der Waals surface area (Å²) in [5.74, 6) is 0.00883. The molecular weight excluding hydrogens is 404 g/mol. The Morgan fingerprint density at radius 2 is 1.79 bits per heavy atom. The summed E-state index contributed by atoms with van der Waals surface area (Å²) in [5.41, 5.74) is 1.03. The quantitative estimate of drug-likeness (QED) is 0.737. The standard InChI is InChI=1S/C20H22Cl2FN3O2/c21-15-1-6-19(18(22)13-15)28-14-20(27)24-7-8-25-9-11-26(12-10-25)17-4-2-16(23)3-5-17/h1-6,13H,7-12,14H2,(H,24,27). The second kappa shape index (κ2) is 9.96. The molecule has 3 rings (SSSR count). The van der Waals surface area contributed by atoms with Gasteiger partial charge in [0.05, 0.1) is 5.02 Å². The van der Waals surface area contributed by atoms with E-state index < -0.39 is 0 Å². The van der Waals surface area contributed by atoms with Crippen LogP contribution in [0, 0.1) is 5.82 Å². The molecule has 1 aliphatic rings. The van der Waals surface area contributed by atoms with Gasteiger partial charge < -0.3 is 15.0 Å². The number of rotatable bonds is 7. The van der Waals surface area contributed by atoms with Crippen molar-refractivity contribution in [2.45, 2.75) is 0 Å². The maximum absolute atomic E-state index is 13.0. The normalized spacial score (nSPS) is 14.8. The molecule has 2 aromatic rings. The van der Waals surface area contributed by atoms with E-state index in [1.807, 2.05) is 0 Å². The molecule has 1 amide bonds. The number of nitrogens with one attached hydrogen (secondary N) is 1. The van der Waals surface area contributed by atoms with Crippen molar-refractivity contribution in [3.05, 3.63) is 58.3 Å². The van der Waals surface area contributed by atoms with Crippen molar-refractivity contribution < 1.29 is 13.9 Å². The molecule has 0 aromatic heterocycles. The van der Waals surface area contributed by atoms with Crippen LogP contribution in [0.5, 0.6) is 5.75 Å². The summed E-state index contributed by atoms with van der Waals surface area (Å²) in [6.07, 6.45) is 0. The van der Waals surface area contributed by atoms with E-state index in [0.717, 1.165) is 38.4 Å². The number of ether oxygens (including phenoxy) is 1. The van der Waals surface area contributed by atoms with E-state index in [0.29, 0.717) is 22.3 Å². The molecule has 28 heavy (non-hydrogen) atoms. The average molecular weight is 426 g/mol. The fraction of sp³-hybridized carbons (Fsp3) is 0.350. The lowest BCUT2D eigenvalue weighted by Gasteiger charge is -2.36. The van der Waals surface area contributed by atoms with Crippen molar-refractivity contribution in [3.63, 3.8) is 0 Å². The summed E-state index contributed by atoms with van der Waals surface area (Å²) in [5, 5.41) is 3.74. The van der Waals surface area contributed by atoms with Gasteiger partial charge in [0, 0.05) is 50.0 Å². The number of piperazine rings is 1. The fourth-order valence-corrected chi connectivity index (χ4v) is 3.48. The number of amides is 1. The second-order valence-electron chi connectivity index (χ2n) is 6.52. The monoisotopic (exact) mass is 425 g/mol. The first-order chi connectivity index (χ1) is 13.5. The summed E-state index contributed by atoms with van der Waals surface area (Å²) in [6.45, 7) is 4.75. The molecule has 0 unspecified atom stereocenters. The summed E-state index contributed by atoms with van der Waals surface area (Å²) < 4.78 is 18.4. The van der Waals surface area contributed by atoms with Gasteiger partial charge in [-0.3, -0.25) is 9.69 Å². The van der Waals surface area contributed by atoms with Crippen LogP contribution in [0.15, 0.2) is 42.5 Å². The van der Waals surface area contributed by atoms with E-state index in [4.69, 9.17) is 27.9 Å². The lowest BCUT2D eigenvalue weighted by Crippen LogP contribution is -2.48. The summed E-state index contributed by atoms with van der Waals surface area (Å²) >= 11 is 11.8. The van der Waals surface area contributed by atoms with Crippen molar-refractivity contribution in [2.24, 2.45) is 0 Å². The van der Waals surface area contributed by atoms with Gasteiger partial charge in [-0.2, -0.15) is 0 Å². The van der Waals surface area contributed by atoms with Gasteiger partial charge in [0.15, 0.2) is 6.61 Å². The third kappa shape index (κ3) is 5.99. The second-order valence-corrected chi connectivity index (χ2v) is 7.36. The first kappa shape index (κ1) is 20.7. The van der Waals surface area contributed by atoms with E-state index in [9.17, 15) is 9.18 Å². The Morgan fingerprint density at radius 3 is 2.46 bits per heavy atom. The number of halogens is 3. The molecule has 1 aliphatic heterocycles. The van der Waals surface area contributed by atoms with Crippen LogP contribution in [0.1, 0.15) is 0 Å². The molecule has 0 atom stereocenters. The largest absolute Gasteiger partial charge is 0.482 e. The van der Waals surface area contributed by atoms with Crippen LogP contribution >= 0.6 is 23.2 Å². The number of benzene rings is 2. The van der Waals surface area contributed by atoms with Crippen LogP contribution in [0.3, 0.4) is 0 Å². The van der Waals surface area contributed by atoms with Gasteiger partial charge in [0.2, 0.25) is 0 Å². The lowest BCUT2D eigenvalue weighted by molar-refractivity contribution is -0.123. The third-order valence-corrected chi connectivity index (χ3v) is 5.10. The highest BCUT2D eigenvalue weighted by Gasteiger charge is 2.17. The Labute approximate surface area is 174 Å². The molecule has 1 heterocycles. The molecule has 5 nitrogen and oxygen atoms in total. The van der Waals surface area contributed by atoms with Crippen LogP contribution in [-0.2, 0) is 4.79 Å². The van der Waals surface area contributed by atoms with E-state index in [1.54, 1.807) is 30.3 Å². The number of carbonyl (C=O) groups excluding carboxylic acids is 1. The first-order valence-corrected chi connectivity index (χ1v) is 9.84. The van der Waals surface area contributed by atoms with Gasteiger partial charge >= 0.3 is 0 Å². The van der Waals surface area contributed by atoms with E-state index in [2.05, 4.69) is 15.1 Å². The lowest BCUT2D eigenvalue weighted by atomic mass is 10.2. The van der Waals surface area contributed by atoms with Crippen LogP contribution in [0.2, 0.25) is 10.0 Å². The Balaban J connectivity index is 1.33. The predicted octanol–water partition coefficient (Wildman–Crippen LogP) is 3.45. The number of nitrogens with zero attached hydrogens (tertiary/aromatic N) is 2. The zero-order valence-corrected chi connectivity index (χ0v) is 16.8. The molecule has 0 bridgehead atoms. The SMILES string of the molecule is O=C(COc1ccc(Cl)cc1Cl)NCCN1CCN(c2ccc(F)cc2)CC1. The van der Waals surface area contributed by atoms with E-state index in [-0.39, 0.29) is 18.3 Å². The van der Waals surface area contributed by atoms with Gasteiger partial charge in [-0.15, -0.1) is 0 Å².